The molecule has 1 N–H and O–H groups in total. The lowest BCUT2D eigenvalue weighted by atomic mass is 10.3. The van der Waals surface area contributed by atoms with Crippen molar-refractivity contribution in [3.63, 3.8) is 0 Å². The van der Waals surface area contributed by atoms with Crippen LogP contribution in [0.4, 0.5) is 0 Å². The fraction of sp³-hybridized carbons (Fsp3) is 0.333. The van der Waals surface area contributed by atoms with Crippen molar-refractivity contribution in [2.75, 3.05) is 6.54 Å². The number of fused-ring (bicyclic) bond motifs is 1. The number of imidazole rings is 1. The van der Waals surface area contributed by atoms with Gasteiger partial charge in [0, 0.05) is 13.1 Å². The summed E-state index contributed by atoms with van der Waals surface area (Å²) < 4.78 is 5.94. The van der Waals surface area contributed by atoms with Crippen molar-refractivity contribution in [2.45, 2.75) is 26.3 Å². The van der Waals surface area contributed by atoms with Crippen LogP contribution in [-0.4, -0.2) is 31.6 Å². The smallest absolute Gasteiger partial charge is 0.264 e. The first-order valence-corrected chi connectivity index (χ1v) is 8.06. The molecule has 0 spiro atoms. The molecule has 0 radical (unpaired) electrons. The van der Waals surface area contributed by atoms with Gasteiger partial charge in [0.15, 0.2) is 0 Å². The van der Waals surface area contributed by atoms with Crippen LogP contribution < -0.4 is 5.32 Å². The summed E-state index contributed by atoms with van der Waals surface area (Å²) in [6.07, 6.45) is 3.41. The van der Waals surface area contributed by atoms with Crippen LogP contribution >= 0.6 is 11.5 Å². The van der Waals surface area contributed by atoms with E-state index in [1.165, 1.54) is 0 Å². The molecule has 6 nitrogen and oxygen atoms in total. The minimum Gasteiger partial charge on any atom is -0.351 e. The zero-order chi connectivity index (χ0) is 15.4. The van der Waals surface area contributed by atoms with Crippen LogP contribution in [0.2, 0.25) is 0 Å². The van der Waals surface area contributed by atoms with Crippen LogP contribution in [-0.2, 0) is 13.0 Å². The minimum absolute atomic E-state index is 0.0812. The Hall–Kier alpha value is -2.28. The largest absolute Gasteiger partial charge is 0.351 e. The third-order valence-electron chi connectivity index (χ3n) is 3.49. The lowest BCUT2D eigenvalue weighted by Crippen LogP contribution is -2.25. The number of carbonyl (C=O) groups excluding carboxylic acids is 1. The summed E-state index contributed by atoms with van der Waals surface area (Å²) in [6, 6.07) is 8.04. The SMILES string of the molecule is CCc1nnsc1C(=O)NCCCn1cnc2ccccc21. The second kappa shape index (κ2) is 6.65. The number of benzene rings is 1. The summed E-state index contributed by atoms with van der Waals surface area (Å²) in [6.45, 7) is 3.41. The van der Waals surface area contributed by atoms with Gasteiger partial charge in [-0.2, -0.15) is 0 Å². The number of nitrogens with one attached hydrogen (secondary N) is 1. The molecule has 3 aromatic rings. The molecule has 0 saturated heterocycles. The molecule has 0 bridgehead atoms. The van der Waals surface area contributed by atoms with Crippen molar-refractivity contribution in [1.82, 2.24) is 24.5 Å². The number of carbonyl (C=O) groups is 1. The Morgan fingerprint density at radius 3 is 3.09 bits per heavy atom. The van der Waals surface area contributed by atoms with Crippen molar-refractivity contribution in [3.8, 4) is 0 Å². The highest BCUT2D eigenvalue weighted by Crippen LogP contribution is 2.12. The summed E-state index contributed by atoms with van der Waals surface area (Å²) in [5, 5.41) is 6.88. The number of nitrogens with zero attached hydrogens (tertiary/aromatic N) is 4. The van der Waals surface area contributed by atoms with Gasteiger partial charge in [-0.25, -0.2) is 4.98 Å². The number of rotatable bonds is 6. The van der Waals surface area contributed by atoms with Gasteiger partial charge in [-0.1, -0.05) is 23.5 Å². The van der Waals surface area contributed by atoms with E-state index < -0.39 is 0 Å². The molecule has 114 valence electrons. The third-order valence-corrected chi connectivity index (χ3v) is 4.25. The highest BCUT2D eigenvalue weighted by Gasteiger charge is 2.14. The van der Waals surface area contributed by atoms with Crippen LogP contribution in [0, 0.1) is 0 Å². The maximum atomic E-state index is 12.1. The van der Waals surface area contributed by atoms with Gasteiger partial charge in [0.25, 0.3) is 5.91 Å². The first kappa shape index (κ1) is 14.6. The summed E-state index contributed by atoms with van der Waals surface area (Å²) in [5.74, 6) is -0.0812. The van der Waals surface area contributed by atoms with Crippen LogP contribution in [0.5, 0.6) is 0 Å². The molecule has 2 aromatic heterocycles. The predicted molar refractivity (Wildman–Crippen MR) is 86.0 cm³/mol. The molecule has 0 atom stereocenters. The highest BCUT2D eigenvalue weighted by molar-refractivity contribution is 7.08. The molecule has 1 amide bonds. The van der Waals surface area contributed by atoms with E-state index in [1.54, 1.807) is 0 Å². The maximum Gasteiger partial charge on any atom is 0.264 e. The van der Waals surface area contributed by atoms with E-state index >= 15 is 0 Å². The molecule has 3 rings (SSSR count). The quantitative estimate of drug-likeness (QED) is 0.708. The Kier molecular flexibility index (Phi) is 4.43. The average molecular weight is 315 g/mol. The summed E-state index contributed by atoms with van der Waals surface area (Å²) in [7, 11) is 0. The molecule has 22 heavy (non-hydrogen) atoms. The number of hydrogen-bond acceptors (Lipinski definition) is 5. The number of aromatic nitrogens is 4. The number of hydrogen-bond donors (Lipinski definition) is 1. The molecule has 0 aliphatic carbocycles. The van der Waals surface area contributed by atoms with Gasteiger partial charge in [-0.3, -0.25) is 4.79 Å². The van der Waals surface area contributed by atoms with Crippen molar-refractivity contribution in [1.29, 1.82) is 0 Å². The minimum atomic E-state index is -0.0812. The fourth-order valence-electron chi connectivity index (χ4n) is 2.33. The molecule has 0 fully saturated rings. The van der Waals surface area contributed by atoms with E-state index in [0.29, 0.717) is 11.4 Å². The summed E-state index contributed by atoms with van der Waals surface area (Å²) >= 11 is 1.15. The molecule has 7 heteroatoms. The van der Waals surface area contributed by atoms with Crippen molar-refractivity contribution in [2.24, 2.45) is 0 Å². The normalized spacial score (nSPS) is 11.0. The van der Waals surface area contributed by atoms with Crippen LogP contribution in [0.25, 0.3) is 11.0 Å². The van der Waals surface area contributed by atoms with Crippen molar-refractivity contribution >= 4 is 28.5 Å². The Bertz CT molecular complexity index is 779. The van der Waals surface area contributed by atoms with E-state index in [2.05, 4.69) is 30.5 Å². The average Bonchev–Trinajstić information content (AvgIpc) is 3.18. The monoisotopic (exact) mass is 315 g/mol. The van der Waals surface area contributed by atoms with Crippen LogP contribution in [0.15, 0.2) is 30.6 Å². The third kappa shape index (κ3) is 2.99. The molecule has 0 aliphatic rings. The van der Waals surface area contributed by atoms with E-state index in [-0.39, 0.29) is 5.91 Å². The Morgan fingerprint density at radius 2 is 2.23 bits per heavy atom. The van der Waals surface area contributed by atoms with E-state index in [4.69, 9.17) is 0 Å². The predicted octanol–water partition coefficient (Wildman–Crippen LogP) is 2.27. The molecule has 0 saturated carbocycles. The molecular weight excluding hydrogens is 298 g/mol. The molecule has 0 unspecified atom stereocenters. The van der Waals surface area contributed by atoms with Gasteiger partial charge < -0.3 is 9.88 Å². The maximum absolute atomic E-state index is 12.1. The molecule has 2 heterocycles. The van der Waals surface area contributed by atoms with E-state index in [9.17, 15) is 4.79 Å². The van der Waals surface area contributed by atoms with Gasteiger partial charge in [0.2, 0.25) is 0 Å². The van der Waals surface area contributed by atoms with Gasteiger partial charge in [-0.15, -0.1) is 5.10 Å². The Balaban J connectivity index is 1.52. The van der Waals surface area contributed by atoms with E-state index in [1.807, 2.05) is 31.5 Å². The lowest BCUT2D eigenvalue weighted by molar-refractivity contribution is 0.0955. The van der Waals surface area contributed by atoms with Gasteiger partial charge in [-0.05, 0) is 36.5 Å². The highest BCUT2D eigenvalue weighted by atomic mass is 32.1. The zero-order valence-electron chi connectivity index (χ0n) is 12.3. The summed E-state index contributed by atoms with van der Waals surface area (Å²) in [5.41, 5.74) is 2.88. The van der Waals surface area contributed by atoms with Gasteiger partial charge in [0.1, 0.15) is 4.88 Å². The second-order valence-electron chi connectivity index (χ2n) is 4.94. The standard InChI is InChI=1S/C15H17N5OS/c1-2-11-14(22-19-18-11)15(21)16-8-5-9-20-10-17-12-6-3-4-7-13(12)20/h3-4,6-7,10H,2,5,8-9H2,1H3,(H,16,21). The Labute approximate surface area is 132 Å². The van der Waals surface area contributed by atoms with E-state index in [0.717, 1.165) is 47.6 Å². The van der Waals surface area contributed by atoms with Crippen LogP contribution in [0.1, 0.15) is 28.7 Å². The Morgan fingerprint density at radius 1 is 1.36 bits per heavy atom. The topological polar surface area (TPSA) is 72.7 Å². The van der Waals surface area contributed by atoms with Crippen LogP contribution in [0.3, 0.4) is 0 Å². The summed E-state index contributed by atoms with van der Waals surface area (Å²) in [4.78, 5) is 17.0. The van der Waals surface area contributed by atoms with Gasteiger partial charge in [0.05, 0.1) is 23.1 Å². The zero-order valence-corrected chi connectivity index (χ0v) is 13.1. The number of aryl methyl sites for hydroxylation is 2. The first-order chi connectivity index (χ1) is 10.8. The lowest BCUT2D eigenvalue weighted by Gasteiger charge is -2.06. The fourth-order valence-corrected chi connectivity index (χ4v) is 3.00. The number of para-hydroxylation sites is 2. The molecule has 1 aromatic carbocycles. The van der Waals surface area contributed by atoms with Gasteiger partial charge >= 0.3 is 0 Å². The number of amides is 1. The first-order valence-electron chi connectivity index (χ1n) is 7.29. The molecular formula is C15H17N5OS. The van der Waals surface area contributed by atoms with Crippen molar-refractivity contribution in [3.05, 3.63) is 41.2 Å². The second-order valence-corrected chi connectivity index (χ2v) is 5.69. The molecule has 0 aliphatic heterocycles. The van der Waals surface area contributed by atoms with Crippen molar-refractivity contribution < 1.29 is 4.79 Å².